The van der Waals surface area contributed by atoms with Crippen molar-refractivity contribution in [1.82, 2.24) is 0 Å². The quantitative estimate of drug-likeness (QED) is 0.130. The van der Waals surface area contributed by atoms with Gasteiger partial charge in [0, 0.05) is 0 Å². The van der Waals surface area contributed by atoms with Crippen molar-refractivity contribution in [2.75, 3.05) is 6.54 Å². The van der Waals surface area contributed by atoms with Gasteiger partial charge in [-0.05, 0) is 0 Å². The summed E-state index contributed by atoms with van der Waals surface area (Å²) < 4.78 is 28.5. The molecule has 0 spiro atoms. The van der Waals surface area contributed by atoms with Gasteiger partial charge < -0.3 is 20.7 Å². The molecule has 0 fully saturated rings. The SMILES string of the molecule is CCCCCCCCCCCCCCCC[NH-].O=C(O)CC(C(=O)[O-])S(=O)(=O)O.[Na+].[Na+]. The molecule has 0 amide bonds. The van der Waals surface area contributed by atoms with E-state index in [2.05, 4.69) is 6.92 Å². The Morgan fingerprint density at radius 2 is 1.13 bits per heavy atom. The third-order valence-electron chi connectivity index (χ3n) is 4.51. The minimum Gasteiger partial charge on any atom is -0.677 e. The molecule has 0 aliphatic heterocycles. The van der Waals surface area contributed by atoms with E-state index < -0.39 is 33.7 Å². The molecular weight excluding hydrogens is 444 g/mol. The number of carbonyl (C=O) groups excluding carboxylic acids is 1. The van der Waals surface area contributed by atoms with Crippen LogP contribution in [-0.2, 0) is 19.7 Å². The molecule has 0 aliphatic carbocycles. The van der Waals surface area contributed by atoms with Gasteiger partial charge in [-0.1, -0.05) is 96.8 Å². The van der Waals surface area contributed by atoms with Gasteiger partial charge in [0.05, 0.1) is 12.4 Å². The topological polar surface area (TPSA) is 156 Å². The molecule has 1 unspecified atom stereocenters. The van der Waals surface area contributed by atoms with Crippen LogP contribution in [0.4, 0.5) is 0 Å². The molecule has 0 saturated heterocycles. The molecule has 8 nitrogen and oxygen atoms in total. The first-order valence-electron chi connectivity index (χ1n) is 10.7. The Hall–Kier alpha value is 0.810. The van der Waals surface area contributed by atoms with E-state index >= 15 is 0 Å². The van der Waals surface area contributed by atoms with Crippen molar-refractivity contribution < 1.29 is 91.9 Å². The largest absolute Gasteiger partial charge is 1.00 e. The van der Waals surface area contributed by atoms with Gasteiger partial charge in [0.15, 0.2) is 0 Å². The molecule has 1 atom stereocenters. The van der Waals surface area contributed by atoms with Gasteiger partial charge >= 0.3 is 65.1 Å². The van der Waals surface area contributed by atoms with E-state index in [4.69, 9.17) is 15.4 Å². The molecule has 0 radical (unpaired) electrons. The summed E-state index contributed by atoms with van der Waals surface area (Å²) in [6.45, 7) is 2.90. The van der Waals surface area contributed by atoms with Crippen LogP contribution in [0.5, 0.6) is 0 Å². The van der Waals surface area contributed by atoms with E-state index in [0.29, 0.717) is 6.54 Å². The Labute approximate surface area is 232 Å². The van der Waals surface area contributed by atoms with Crippen LogP contribution in [0.3, 0.4) is 0 Å². The number of rotatable bonds is 18. The first kappa shape index (κ1) is 39.0. The van der Waals surface area contributed by atoms with Crippen molar-refractivity contribution in [3.63, 3.8) is 0 Å². The normalized spacial score (nSPS) is 11.3. The number of unbranched alkanes of at least 4 members (excludes halogenated alkanes) is 13. The summed E-state index contributed by atoms with van der Waals surface area (Å²) >= 11 is 0. The van der Waals surface area contributed by atoms with E-state index in [0.717, 1.165) is 6.42 Å². The Morgan fingerprint density at radius 1 is 0.806 bits per heavy atom. The zero-order valence-electron chi connectivity index (χ0n) is 19.7. The maximum atomic E-state index is 10.2. The van der Waals surface area contributed by atoms with E-state index in [9.17, 15) is 23.1 Å². The molecule has 0 aromatic rings. The second kappa shape index (κ2) is 27.1. The van der Waals surface area contributed by atoms with Crippen LogP contribution in [0.25, 0.3) is 5.73 Å². The van der Waals surface area contributed by atoms with Crippen molar-refractivity contribution in [3.05, 3.63) is 5.73 Å². The standard InChI is InChI=1S/C16H34N.C4H6O7S.2Na/c1-2-3-4-5-6-7-8-9-10-11-12-13-14-15-16-17;5-3(6)1-2(4(7)8)12(9,10)11;;/h17H,2-16H2,1H3;2H,1H2,(H,5,6)(H,7,8)(H,9,10,11);;/q-1;;2*+1/p-1. The van der Waals surface area contributed by atoms with Crippen LogP contribution in [-0.4, -0.2) is 41.8 Å². The smallest absolute Gasteiger partial charge is 0.677 e. The van der Waals surface area contributed by atoms with Crippen LogP contribution < -0.4 is 64.2 Å². The van der Waals surface area contributed by atoms with E-state index in [1.54, 1.807) is 0 Å². The summed E-state index contributed by atoms with van der Waals surface area (Å²) in [4.78, 5) is 19.9. The van der Waals surface area contributed by atoms with Gasteiger partial charge in [0.1, 0.15) is 5.25 Å². The Kier molecular flexibility index (Phi) is 34.1. The molecule has 0 bridgehead atoms. The predicted octanol–water partition coefficient (Wildman–Crippen LogP) is -2.00. The predicted molar refractivity (Wildman–Crippen MR) is 112 cm³/mol. The third kappa shape index (κ3) is 30.8. The maximum Gasteiger partial charge on any atom is 1.00 e. The number of carbonyl (C=O) groups is 2. The molecule has 31 heavy (non-hydrogen) atoms. The first-order valence-corrected chi connectivity index (χ1v) is 12.2. The number of carboxylic acid groups (broad SMARTS) is 2. The Bertz CT molecular complexity index is 506. The zero-order valence-corrected chi connectivity index (χ0v) is 24.6. The first-order chi connectivity index (χ1) is 13.7. The fourth-order valence-electron chi connectivity index (χ4n) is 2.79. The van der Waals surface area contributed by atoms with Crippen molar-refractivity contribution >= 4 is 22.1 Å². The van der Waals surface area contributed by atoms with Gasteiger partial charge in [0.25, 0.3) is 10.1 Å². The summed E-state index contributed by atoms with van der Waals surface area (Å²) in [6, 6.07) is 0. The molecule has 0 heterocycles. The number of hydrogen-bond donors (Lipinski definition) is 2. The Balaban J connectivity index is -0.000000232. The molecule has 0 aliphatic rings. The molecule has 11 heteroatoms. The summed E-state index contributed by atoms with van der Waals surface area (Å²) in [5.41, 5.74) is 7.06. The van der Waals surface area contributed by atoms with Crippen LogP contribution >= 0.6 is 0 Å². The average Bonchev–Trinajstić information content (AvgIpc) is 2.63. The summed E-state index contributed by atoms with van der Waals surface area (Å²) in [7, 11) is -4.90. The third-order valence-corrected chi connectivity index (χ3v) is 5.59. The van der Waals surface area contributed by atoms with Crippen molar-refractivity contribution in [1.29, 1.82) is 0 Å². The second-order valence-corrected chi connectivity index (χ2v) is 8.87. The number of aliphatic carboxylic acids is 2. The minimum atomic E-state index is -4.90. The number of carboxylic acids is 2. The van der Waals surface area contributed by atoms with Crippen LogP contribution in [0, 0.1) is 0 Å². The molecule has 0 saturated carbocycles. The monoisotopic (exact) mass is 483 g/mol. The minimum absolute atomic E-state index is 0. The average molecular weight is 484 g/mol. The van der Waals surface area contributed by atoms with Crippen LogP contribution in [0.15, 0.2) is 0 Å². The van der Waals surface area contributed by atoms with Crippen LogP contribution in [0.1, 0.15) is 103 Å². The van der Waals surface area contributed by atoms with E-state index in [1.807, 2.05) is 0 Å². The molecule has 0 aromatic heterocycles. The van der Waals surface area contributed by atoms with Gasteiger partial charge in [-0.25, -0.2) is 0 Å². The van der Waals surface area contributed by atoms with Gasteiger partial charge in [-0.3, -0.25) is 9.35 Å². The molecule has 0 aromatic carbocycles. The van der Waals surface area contributed by atoms with Crippen molar-refractivity contribution in [2.45, 2.75) is 108 Å². The van der Waals surface area contributed by atoms with Crippen LogP contribution in [0.2, 0.25) is 0 Å². The van der Waals surface area contributed by atoms with Crippen molar-refractivity contribution in [2.24, 2.45) is 0 Å². The zero-order chi connectivity index (χ0) is 22.5. The fraction of sp³-hybridized carbons (Fsp3) is 0.900. The maximum absolute atomic E-state index is 10.2. The summed E-state index contributed by atoms with van der Waals surface area (Å²) in [5.74, 6) is -3.79. The molecule has 3 N–H and O–H groups in total. The number of nitrogens with one attached hydrogen (secondary N) is 1. The second-order valence-electron chi connectivity index (χ2n) is 7.27. The van der Waals surface area contributed by atoms with E-state index in [-0.39, 0.29) is 59.1 Å². The molecule has 0 rings (SSSR count). The van der Waals surface area contributed by atoms with Gasteiger partial charge in [0.2, 0.25) is 0 Å². The van der Waals surface area contributed by atoms with Gasteiger partial charge in [-0.15, -0.1) is 0 Å². The number of hydrogen-bond acceptors (Lipinski definition) is 5. The summed E-state index contributed by atoms with van der Waals surface area (Å²) in [5, 5.41) is 15.6. The Morgan fingerprint density at radius 3 is 1.32 bits per heavy atom. The molecular formula is C20H39NNa2O7S. The van der Waals surface area contributed by atoms with Gasteiger partial charge in [-0.2, -0.15) is 15.0 Å². The van der Waals surface area contributed by atoms with E-state index in [1.165, 1.54) is 83.5 Å². The van der Waals surface area contributed by atoms with Crippen molar-refractivity contribution in [3.8, 4) is 0 Å². The fourth-order valence-corrected chi connectivity index (χ4v) is 3.38. The molecule has 174 valence electrons. The summed E-state index contributed by atoms with van der Waals surface area (Å²) in [6.07, 6.45) is 18.3.